The number of amides is 1. The summed E-state index contributed by atoms with van der Waals surface area (Å²) in [6.45, 7) is 2.00. The first kappa shape index (κ1) is 14.8. The van der Waals surface area contributed by atoms with E-state index in [1.54, 1.807) is 36.4 Å². The maximum atomic E-state index is 13.5. The van der Waals surface area contributed by atoms with Gasteiger partial charge in [-0.2, -0.15) is 0 Å². The Morgan fingerprint density at radius 2 is 2.05 bits per heavy atom. The van der Waals surface area contributed by atoms with Gasteiger partial charge in [0, 0.05) is 0 Å². The predicted molar refractivity (Wildman–Crippen MR) is 80.7 cm³/mol. The molecule has 1 amide bonds. The number of carbonyl (C=O) groups excluding carboxylic acids is 1. The highest BCUT2D eigenvalue weighted by Crippen LogP contribution is 2.20. The topological polar surface area (TPSA) is 64.3 Å². The molecule has 110 valence electrons. The number of carbonyl (C=O) groups is 1. The van der Waals surface area contributed by atoms with Crippen LogP contribution in [0.15, 0.2) is 42.5 Å². The minimum atomic E-state index is -0.456. The number of rotatable bonds is 5. The van der Waals surface area contributed by atoms with Gasteiger partial charge < -0.3 is 15.8 Å². The summed E-state index contributed by atoms with van der Waals surface area (Å²) in [5.74, 6) is -0.233. The Morgan fingerprint density at radius 3 is 2.81 bits per heavy atom. The van der Waals surface area contributed by atoms with E-state index < -0.39 is 5.82 Å². The molecule has 0 aliphatic heterocycles. The molecular formula is C16H17FN2O2. The number of nitrogen functional groups attached to an aromatic ring is 1. The zero-order chi connectivity index (χ0) is 15.2. The van der Waals surface area contributed by atoms with Gasteiger partial charge in [-0.05, 0) is 36.8 Å². The fourth-order valence-corrected chi connectivity index (χ4v) is 1.81. The highest BCUT2D eigenvalue weighted by Gasteiger charge is 2.08. The number of anilines is 2. The number of hydrogen-bond donors (Lipinski definition) is 2. The highest BCUT2D eigenvalue weighted by atomic mass is 19.1. The SMILES string of the molecule is Cc1ccc(F)c(NC(=O)CCOc2ccccc2N)c1. The number of benzene rings is 2. The molecule has 0 saturated heterocycles. The minimum Gasteiger partial charge on any atom is -0.491 e. The molecule has 5 heteroatoms. The van der Waals surface area contributed by atoms with Crippen LogP contribution < -0.4 is 15.8 Å². The lowest BCUT2D eigenvalue weighted by molar-refractivity contribution is -0.116. The van der Waals surface area contributed by atoms with Crippen molar-refractivity contribution in [3.8, 4) is 5.75 Å². The molecule has 2 rings (SSSR count). The summed E-state index contributed by atoms with van der Waals surface area (Å²) in [6, 6.07) is 11.6. The van der Waals surface area contributed by atoms with Gasteiger partial charge in [0.2, 0.25) is 5.91 Å². The van der Waals surface area contributed by atoms with Crippen molar-refractivity contribution in [3.63, 3.8) is 0 Å². The van der Waals surface area contributed by atoms with Crippen LogP contribution in [0.5, 0.6) is 5.75 Å². The van der Waals surface area contributed by atoms with Crippen molar-refractivity contribution >= 4 is 17.3 Å². The molecule has 0 radical (unpaired) electrons. The summed E-state index contributed by atoms with van der Waals surface area (Å²) >= 11 is 0. The molecule has 4 nitrogen and oxygen atoms in total. The van der Waals surface area contributed by atoms with E-state index in [4.69, 9.17) is 10.5 Å². The van der Waals surface area contributed by atoms with Gasteiger partial charge in [0.15, 0.2) is 0 Å². The van der Waals surface area contributed by atoms with Crippen LogP contribution in [0.2, 0.25) is 0 Å². The number of nitrogens with one attached hydrogen (secondary N) is 1. The Kier molecular flexibility index (Phi) is 4.77. The average molecular weight is 288 g/mol. The van der Waals surface area contributed by atoms with Crippen LogP contribution >= 0.6 is 0 Å². The standard InChI is InChI=1S/C16H17FN2O2/c1-11-6-7-12(17)14(10-11)19-16(20)8-9-21-15-5-3-2-4-13(15)18/h2-7,10H,8-9,18H2,1H3,(H,19,20). The third-order valence-electron chi connectivity index (χ3n) is 2.90. The Bertz CT molecular complexity index is 644. The fourth-order valence-electron chi connectivity index (χ4n) is 1.81. The molecule has 2 aromatic rings. The van der Waals surface area contributed by atoms with Gasteiger partial charge in [-0.1, -0.05) is 18.2 Å². The van der Waals surface area contributed by atoms with Crippen molar-refractivity contribution in [2.24, 2.45) is 0 Å². The third-order valence-corrected chi connectivity index (χ3v) is 2.90. The van der Waals surface area contributed by atoms with E-state index in [1.165, 1.54) is 6.07 Å². The summed E-state index contributed by atoms with van der Waals surface area (Å²) in [6.07, 6.45) is 0.113. The number of nitrogens with two attached hydrogens (primary N) is 1. The van der Waals surface area contributed by atoms with Crippen molar-refractivity contribution in [1.29, 1.82) is 0 Å². The van der Waals surface area contributed by atoms with Crippen LogP contribution in [-0.4, -0.2) is 12.5 Å². The molecule has 0 heterocycles. The third kappa shape index (κ3) is 4.21. The molecule has 0 bridgehead atoms. The van der Waals surface area contributed by atoms with Crippen molar-refractivity contribution < 1.29 is 13.9 Å². The van der Waals surface area contributed by atoms with Gasteiger partial charge >= 0.3 is 0 Å². The molecular weight excluding hydrogens is 271 g/mol. The largest absolute Gasteiger partial charge is 0.491 e. The summed E-state index contributed by atoms with van der Waals surface area (Å²) < 4.78 is 18.9. The quantitative estimate of drug-likeness (QED) is 0.831. The van der Waals surface area contributed by atoms with E-state index in [1.807, 2.05) is 6.92 Å². The first-order valence-electron chi connectivity index (χ1n) is 6.59. The average Bonchev–Trinajstić information content (AvgIpc) is 2.45. The van der Waals surface area contributed by atoms with Crippen LogP contribution in [0.1, 0.15) is 12.0 Å². The summed E-state index contributed by atoms with van der Waals surface area (Å²) in [4.78, 5) is 11.8. The van der Waals surface area contributed by atoms with Crippen LogP contribution in [0, 0.1) is 12.7 Å². The second kappa shape index (κ2) is 6.74. The van der Waals surface area contributed by atoms with Gasteiger partial charge in [0.05, 0.1) is 24.4 Å². The Labute approximate surface area is 122 Å². The van der Waals surface area contributed by atoms with Crippen LogP contribution in [-0.2, 0) is 4.79 Å². The number of para-hydroxylation sites is 2. The Hall–Kier alpha value is -2.56. The molecule has 21 heavy (non-hydrogen) atoms. The van der Waals surface area contributed by atoms with Crippen molar-refractivity contribution in [3.05, 3.63) is 53.8 Å². The van der Waals surface area contributed by atoms with Gasteiger partial charge in [-0.15, -0.1) is 0 Å². The van der Waals surface area contributed by atoms with E-state index >= 15 is 0 Å². The van der Waals surface area contributed by atoms with Gasteiger partial charge in [-0.25, -0.2) is 4.39 Å². The number of halogens is 1. The van der Waals surface area contributed by atoms with Gasteiger partial charge in [0.1, 0.15) is 11.6 Å². The molecule has 0 aromatic heterocycles. The van der Waals surface area contributed by atoms with Crippen molar-refractivity contribution in [2.45, 2.75) is 13.3 Å². The van der Waals surface area contributed by atoms with Crippen LogP contribution in [0.3, 0.4) is 0 Å². The van der Waals surface area contributed by atoms with E-state index in [-0.39, 0.29) is 24.6 Å². The lowest BCUT2D eigenvalue weighted by Gasteiger charge is -2.09. The fraction of sp³-hybridized carbons (Fsp3) is 0.188. The zero-order valence-electron chi connectivity index (χ0n) is 11.7. The number of ether oxygens (including phenoxy) is 1. The molecule has 0 unspecified atom stereocenters. The Balaban J connectivity index is 1.85. The molecule has 0 spiro atoms. The molecule has 0 fully saturated rings. The number of aryl methyl sites for hydroxylation is 1. The first-order chi connectivity index (χ1) is 10.1. The minimum absolute atomic E-state index is 0.113. The second-order valence-corrected chi connectivity index (χ2v) is 4.67. The summed E-state index contributed by atoms with van der Waals surface area (Å²) in [5.41, 5.74) is 7.29. The molecule has 0 aliphatic rings. The van der Waals surface area contributed by atoms with Crippen molar-refractivity contribution in [1.82, 2.24) is 0 Å². The van der Waals surface area contributed by atoms with Crippen LogP contribution in [0.25, 0.3) is 0 Å². The highest BCUT2D eigenvalue weighted by molar-refractivity contribution is 5.91. The van der Waals surface area contributed by atoms with E-state index in [0.717, 1.165) is 5.56 Å². The maximum Gasteiger partial charge on any atom is 0.227 e. The van der Waals surface area contributed by atoms with Gasteiger partial charge in [-0.3, -0.25) is 4.79 Å². The maximum absolute atomic E-state index is 13.5. The Morgan fingerprint density at radius 1 is 1.29 bits per heavy atom. The molecule has 2 aromatic carbocycles. The summed E-state index contributed by atoms with van der Waals surface area (Å²) in [7, 11) is 0. The lowest BCUT2D eigenvalue weighted by atomic mass is 10.2. The molecule has 3 N–H and O–H groups in total. The smallest absolute Gasteiger partial charge is 0.227 e. The van der Waals surface area contributed by atoms with Crippen LogP contribution in [0.4, 0.5) is 15.8 Å². The van der Waals surface area contributed by atoms with E-state index in [0.29, 0.717) is 11.4 Å². The van der Waals surface area contributed by atoms with E-state index in [9.17, 15) is 9.18 Å². The second-order valence-electron chi connectivity index (χ2n) is 4.67. The van der Waals surface area contributed by atoms with E-state index in [2.05, 4.69) is 5.32 Å². The van der Waals surface area contributed by atoms with Gasteiger partial charge in [0.25, 0.3) is 0 Å². The molecule has 0 saturated carbocycles. The lowest BCUT2D eigenvalue weighted by Crippen LogP contribution is -2.16. The zero-order valence-corrected chi connectivity index (χ0v) is 11.7. The molecule has 0 aliphatic carbocycles. The van der Waals surface area contributed by atoms with Crippen molar-refractivity contribution in [2.75, 3.05) is 17.7 Å². The number of hydrogen-bond acceptors (Lipinski definition) is 3. The summed E-state index contributed by atoms with van der Waals surface area (Å²) in [5, 5.41) is 2.53. The molecule has 0 atom stereocenters. The monoisotopic (exact) mass is 288 g/mol. The predicted octanol–water partition coefficient (Wildman–Crippen LogP) is 3.12. The normalized spacial score (nSPS) is 10.2. The first-order valence-corrected chi connectivity index (χ1v) is 6.59.